The van der Waals surface area contributed by atoms with Gasteiger partial charge in [0.05, 0.1) is 24.1 Å². The standard InChI is InChI=1S/C21H21N7O/c1-14-9-15(2)27-19(26-14)6-8-23-21(29)16-10-18-20(24-11-16)28(13-25-18)12-17-5-3-4-7-22-17/h3-5,7,9-11,13H,6,8,12H2,1-2H3,(H,23,29). The highest BCUT2D eigenvalue weighted by Crippen LogP contribution is 2.13. The van der Waals surface area contributed by atoms with Gasteiger partial charge in [-0.1, -0.05) is 6.07 Å². The SMILES string of the molecule is Cc1cc(C)nc(CCNC(=O)c2cnc3c(c2)ncn3Cc2ccccn2)n1. The Morgan fingerprint density at radius 1 is 1.07 bits per heavy atom. The molecule has 0 fully saturated rings. The topological polar surface area (TPSA) is 98.5 Å². The van der Waals surface area contributed by atoms with E-state index in [0.29, 0.717) is 30.6 Å². The summed E-state index contributed by atoms with van der Waals surface area (Å²) in [5.41, 5.74) is 4.64. The van der Waals surface area contributed by atoms with Gasteiger partial charge in [0.25, 0.3) is 5.91 Å². The molecule has 0 bridgehead atoms. The Balaban J connectivity index is 1.41. The Kier molecular flexibility index (Phi) is 5.24. The second kappa shape index (κ2) is 8.14. The van der Waals surface area contributed by atoms with Crippen molar-refractivity contribution in [3.63, 3.8) is 0 Å². The molecule has 1 N–H and O–H groups in total. The summed E-state index contributed by atoms with van der Waals surface area (Å²) in [6, 6.07) is 9.45. The van der Waals surface area contributed by atoms with Crippen LogP contribution in [0.2, 0.25) is 0 Å². The minimum absolute atomic E-state index is 0.192. The van der Waals surface area contributed by atoms with Gasteiger partial charge < -0.3 is 9.88 Å². The predicted octanol–water partition coefficient (Wildman–Crippen LogP) is 2.25. The van der Waals surface area contributed by atoms with Crippen molar-refractivity contribution in [2.24, 2.45) is 0 Å². The second-order valence-corrected chi connectivity index (χ2v) is 6.83. The van der Waals surface area contributed by atoms with E-state index in [4.69, 9.17) is 0 Å². The lowest BCUT2D eigenvalue weighted by Gasteiger charge is -2.06. The van der Waals surface area contributed by atoms with Gasteiger partial charge in [-0.2, -0.15) is 0 Å². The first-order chi connectivity index (χ1) is 14.1. The number of nitrogens with one attached hydrogen (secondary N) is 1. The van der Waals surface area contributed by atoms with Gasteiger partial charge in [-0.25, -0.2) is 19.9 Å². The zero-order valence-electron chi connectivity index (χ0n) is 16.3. The lowest BCUT2D eigenvalue weighted by atomic mass is 10.2. The molecule has 0 spiro atoms. The van der Waals surface area contributed by atoms with Crippen LogP contribution in [0.4, 0.5) is 0 Å². The van der Waals surface area contributed by atoms with Crippen LogP contribution in [0.5, 0.6) is 0 Å². The summed E-state index contributed by atoms with van der Waals surface area (Å²) < 4.78 is 1.91. The molecule has 0 saturated heterocycles. The molecular formula is C21H21N7O. The Hall–Kier alpha value is -3.68. The maximum atomic E-state index is 12.5. The summed E-state index contributed by atoms with van der Waals surface area (Å²) in [7, 11) is 0. The third kappa shape index (κ3) is 4.43. The molecular weight excluding hydrogens is 366 g/mol. The molecule has 146 valence electrons. The van der Waals surface area contributed by atoms with Crippen molar-refractivity contribution in [3.05, 3.63) is 77.5 Å². The van der Waals surface area contributed by atoms with E-state index >= 15 is 0 Å². The third-order valence-corrected chi connectivity index (χ3v) is 4.44. The fraction of sp³-hybridized carbons (Fsp3) is 0.238. The van der Waals surface area contributed by atoms with Gasteiger partial charge in [0.15, 0.2) is 5.65 Å². The van der Waals surface area contributed by atoms with Crippen molar-refractivity contribution >= 4 is 17.1 Å². The average Bonchev–Trinajstić information content (AvgIpc) is 3.10. The van der Waals surface area contributed by atoms with Crippen LogP contribution in [0.1, 0.15) is 33.3 Å². The fourth-order valence-electron chi connectivity index (χ4n) is 3.16. The van der Waals surface area contributed by atoms with E-state index in [0.717, 1.165) is 28.6 Å². The maximum absolute atomic E-state index is 12.5. The first-order valence-electron chi connectivity index (χ1n) is 9.38. The van der Waals surface area contributed by atoms with Crippen molar-refractivity contribution in [1.29, 1.82) is 0 Å². The number of carbonyl (C=O) groups excluding carboxylic acids is 1. The molecule has 1 amide bonds. The molecule has 29 heavy (non-hydrogen) atoms. The van der Waals surface area contributed by atoms with Gasteiger partial charge in [-0.15, -0.1) is 0 Å². The predicted molar refractivity (Wildman–Crippen MR) is 108 cm³/mol. The lowest BCUT2D eigenvalue weighted by Crippen LogP contribution is -2.26. The molecule has 0 aliphatic carbocycles. The summed E-state index contributed by atoms with van der Waals surface area (Å²) in [4.78, 5) is 34.4. The van der Waals surface area contributed by atoms with E-state index in [1.807, 2.05) is 42.7 Å². The van der Waals surface area contributed by atoms with Crippen LogP contribution in [0.25, 0.3) is 11.2 Å². The van der Waals surface area contributed by atoms with Crippen LogP contribution in [0, 0.1) is 13.8 Å². The van der Waals surface area contributed by atoms with E-state index in [9.17, 15) is 4.79 Å². The number of hydrogen-bond donors (Lipinski definition) is 1. The van der Waals surface area contributed by atoms with E-state index < -0.39 is 0 Å². The maximum Gasteiger partial charge on any atom is 0.252 e. The summed E-state index contributed by atoms with van der Waals surface area (Å²) in [5.74, 6) is 0.535. The molecule has 0 radical (unpaired) electrons. The molecule has 0 aromatic carbocycles. The van der Waals surface area contributed by atoms with Crippen LogP contribution < -0.4 is 5.32 Å². The van der Waals surface area contributed by atoms with Crippen molar-refractivity contribution in [3.8, 4) is 0 Å². The largest absolute Gasteiger partial charge is 0.352 e. The molecule has 8 nitrogen and oxygen atoms in total. The molecule has 0 unspecified atom stereocenters. The van der Waals surface area contributed by atoms with Crippen LogP contribution in [0.3, 0.4) is 0 Å². The lowest BCUT2D eigenvalue weighted by molar-refractivity contribution is 0.0954. The minimum Gasteiger partial charge on any atom is -0.352 e. The number of pyridine rings is 2. The summed E-state index contributed by atoms with van der Waals surface area (Å²) in [6.07, 6.45) is 5.61. The molecule has 0 aliphatic rings. The Bertz CT molecular complexity index is 1130. The molecule has 0 aliphatic heterocycles. The van der Waals surface area contributed by atoms with Gasteiger partial charge in [-0.05, 0) is 38.1 Å². The number of nitrogens with zero attached hydrogens (tertiary/aromatic N) is 6. The van der Waals surface area contributed by atoms with E-state index in [-0.39, 0.29) is 5.91 Å². The zero-order valence-corrected chi connectivity index (χ0v) is 16.3. The van der Waals surface area contributed by atoms with Crippen molar-refractivity contribution < 1.29 is 4.79 Å². The number of carbonyl (C=O) groups is 1. The van der Waals surface area contributed by atoms with Gasteiger partial charge in [0, 0.05) is 36.7 Å². The molecule has 4 heterocycles. The van der Waals surface area contributed by atoms with Crippen LogP contribution in [-0.2, 0) is 13.0 Å². The summed E-state index contributed by atoms with van der Waals surface area (Å²) in [5, 5.41) is 2.89. The van der Waals surface area contributed by atoms with E-state index in [2.05, 4.69) is 30.2 Å². The number of aromatic nitrogens is 6. The van der Waals surface area contributed by atoms with Crippen LogP contribution >= 0.6 is 0 Å². The number of fused-ring (bicyclic) bond motifs is 1. The zero-order chi connectivity index (χ0) is 20.2. The fourth-order valence-corrected chi connectivity index (χ4v) is 3.16. The second-order valence-electron chi connectivity index (χ2n) is 6.83. The first-order valence-corrected chi connectivity index (χ1v) is 9.38. The van der Waals surface area contributed by atoms with Gasteiger partial charge in [-0.3, -0.25) is 9.78 Å². The van der Waals surface area contributed by atoms with Crippen molar-refractivity contribution in [2.45, 2.75) is 26.8 Å². The molecule has 4 rings (SSSR count). The van der Waals surface area contributed by atoms with Crippen LogP contribution in [-0.4, -0.2) is 41.9 Å². The number of amides is 1. The third-order valence-electron chi connectivity index (χ3n) is 4.44. The highest BCUT2D eigenvalue weighted by Gasteiger charge is 2.11. The smallest absolute Gasteiger partial charge is 0.252 e. The number of hydrogen-bond acceptors (Lipinski definition) is 6. The van der Waals surface area contributed by atoms with Crippen LogP contribution in [0.15, 0.2) is 49.1 Å². The normalized spacial score (nSPS) is 11.0. The Labute approximate surface area is 168 Å². The molecule has 4 aromatic rings. The molecule has 8 heteroatoms. The summed E-state index contributed by atoms with van der Waals surface area (Å²) in [6.45, 7) is 4.90. The van der Waals surface area contributed by atoms with Crippen molar-refractivity contribution in [2.75, 3.05) is 6.54 Å². The molecule has 0 saturated carbocycles. The van der Waals surface area contributed by atoms with Gasteiger partial charge in [0.2, 0.25) is 0 Å². The average molecular weight is 387 g/mol. The number of aryl methyl sites for hydroxylation is 2. The van der Waals surface area contributed by atoms with E-state index in [1.165, 1.54) is 0 Å². The number of imidazole rings is 1. The highest BCUT2D eigenvalue weighted by molar-refractivity contribution is 5.96. The minimum atomic E-state index is -0.192. The number of rotatable bonds is 6. The monoisotopic (exact) mass is 387 g/mol. The molecule has 0 atom stereocenters. The van der Waals surface area contributed by atoms with Crippen molar-refractivity contribution in [1.82, 2.24) is 34.8 Å². The Morgan fingerprint density at radius 3 is 2.66 bits per heavy atom. The van der Waals surface area contributed by atoms with Gasteiger partial charge in [0.1, 0.15) is 11.3 Å². The van der Waals surface area contributed by atoms with Gasteiger partial charge >= 0.3 is 0 Å². The quantitative estimate of drug-likeness (QED) is 0.545. The Morgan fingerprint density at radius 2 is 1.90 bits per heavy atom. The molecule has 4 aromatic heterocycles. The first kappa shape index (κ1) is 18.7. The summed E-state index contributed by atoms with van der Waals surface area (Å²) >= 11 is 0. The highest BCUT2D eigenvalue weighted by atomic mass is 16.1. The van der Waals surface area contributed by atoms with E-state index in [1.54, 1.807) is 24.8 Å².